The molecule has 0 N–H and O–H groups in total. The third-order valence-corrected chi connectivity index (χ3v) is 3.26. The van der Waals surface area contributed by atoms with E-state index in [0.717, 1.165) is 25.7 Å². The first-order chi connectivity index (χ1) is 9.62. The molecule has 0 aromatic carbocycles. The van der Waals surface area contributed by atoms with Crippen molar-refractivity contribution >= 4 is 11.9 Å². The number of carbonyl (C=O) groups is 2. The van der Waals surface area contributed by atoms with Gasteiger partial charge in [-0.1, -0.05) is 46.0 Å². The molecule has 0 atom stereocenters. The average molecular weight is 284 g/mol. The number of hydrogen-bond donors (Lipinski definition) is 0. The number of methoxy groups -OCH3 is 2. The van der Waals surface area contributed by atoms with Crippen molar-refractivity contribution in [3.63, 3.8) is 0 Å². The van der Waals surface area contributed by atoms with Crippen molar-refractivity contribution in [1.82, 2.24) is 0 Å². The first-order valence-electron chi connectivity index (χ1n) is 7.50. The molecular formula is C16H28O4. The van der Waals surface area contributed by atoms with Crippen LogP contribution in [0.25, 0.3) is 0 Å². The summed E-state index contributed by atoms with van der Waals surface area (Å²) in [6, 6.07) is 0. The number of hydrogen-bond acceptors (Lipinski definition) is 4. The third kappa shape index (κ3) is 6.73. The van der Waals surface area contributed by atoms with Gasteiger partial charge in [0.25, 0.3) is 0 Å². The van der Waals surface area contributed by atoms with Crippen molar-refractivity contribution in [3.05, 3.63) is 11.1 Å². The largest absolute Gasteiger partial charge is 0.466 e. The van der Waals surface area contributed by atoms with E-state index < -0.39 is 11.9 Å². The molecule has 0 aliphatic carbocycles. The normalized spacial score (nSPS) is 11.8. The van der Waals surface area contributed by atoms with Gasteiger partial charge in [-0.05, 0) is 19.3 Å². The Morgan fingerprint density at radius 1 is 0.700 bits per heavy atom. The maximum absolute atomic E-state index is 11.9. The van der Waals surface area contributed by atoms with Crippen molar-refractivity contribution in [2.75, 3.05) is 14.2 Å². The van der Waals surface area contributed by atoms with Crippen LogP contribution < -0.4 is 0 Å². The summed E-state index contributed by atoms with van der Waals surface area (Å²) in [6.45, 7) is 4.13. The first kappa shape index (κ1) is 18.7. The summed E-state index contributed by atoms with van der Waals surface area (Å²) in [4.78, 5) is 23.7. The molecule has 0 aromatic rings. The predicted molar refractivity (Wildman–Crippen MR) is 79.3 cm³/mol. The SMILES string of the molecule is CCCCCCC/C(C(=O)OC)=C(\CCC)C(=O)OC. The van der Waals surface area contributed by atoms with Gasteiger partial charge in [0.2, 0.25) is 0 Å². The number of unbranched alkanes of at least 4 members (excludes halogenated alkanes) is 4. The summed E-state index contributed by atoms with van der Waals surface area (Å²) in [7, 11) is 2.69. The van der Waals surface area contributed by atoms with Crippen molar-refractivity contribution in [3.8, 4) is 0 Å². The molecule has 0 heterocycles. The Bertz CT molecular complexity index is 331. The molecule has 0 aliphatic rings. The fourth-order valence-electron chi connectivity index (χ4n) is 2.15. The standard InChI is InChI=1S/C16H28O4/c1-5-7-8-9-10-12-14(16(18)20-4)13(11-6-2)15(17)19-3/h5-12H2,1-4H3/b14-13-. The topological polar surface area (TPSA) is 52.6 Å². The second-order valence-corrected chi connectivity index (χ2v) is 4.85. The monoisotopic (exact) mass is 284 g/mol. The lowest BCUT2D eigenvalue weighted by molar-refractivity contribution is -0.139. The molecule has 0 saturated carbocycles. The van der Waals surface area contributed by atoms with Gasteiger partial charge in [-0.3, -0.25) is 0 Å². The highest BCUT2D eigenvalue weighted by atomic mass is 16.5. The molecule has 4 heteroatoms. The molecule has 20 heavy (non-hydrogen) atoms. The van der Waals surface area contributed by atoms with Gasteiger partial charge in [0, 0.05) is 11.1 Å². The van der Waals surface area contributed by atoms with Crippen LogP contribution in [-0.2, 0) is 19.1 Å². The molecule has 0 saturated heterocycles. The Hall–Kier alpha value is -1.32. The zero-order valence-corrected chi connectivity index (χ0v) is 13.3. The fraction of sp³-hybridized carbons (Fsp3) is 0.750. The predicted octanol–water partition coefficient (Wildman–Crippen LogP) is 3.79. The minimum absolute atomic E-state index is 0.408. The van der Waals surface area contributed by atoms with Crippen LogP contribution in [-0.4, -0.2) is 26.2 Å². The van der Waals surface area contributed by atoms with E-state index in [9.17, 15) is 9.59 Å². The van der Waals surface area contributed by atoms with E-state index in [1.165, 1.54) is 27.1 Å². The molecule has 0 amide bonds. The number of carbonyl (C=O) groups excluding carboxylic acids is 2. The molecule has 0 fully saturated rings. The number of esters is 2. The Kier molecular flexibility index (Phi) is 10.7. The second kappa shape index (κ2) is 11.5. The number of rotatable bonds is 10. The summed E-state index contributed by atoms with van der Waals surface area (Å²) in [5.41, 5.74) is 0.954. The van der Waals surface area contributed by atoms with Gasteiger partial charge < -0.3 is 9.47 Å². The van der Waals surface area contributed by atoms with Crippen molar-refractivity contribution in [2.45, 2.75) is 65.2 Å². The Labute approximate surface area is 122 Å². The van der Waals surface area contributed by atoms with E-state index in [4.69, 9.17) is 9.47 Å². The summed E-state index contributed by atoms with van der Waals surface area (Å²) in [5, 5.41) is 0. The third-order valence-electron chi connectivity index (χ3n) is 3.26. The molecule has 0 rings (SSSR count). The fourth-order valence-corrected chi connectivity index (χ4v) is 2.15. The van der Waals surface area contributed by atoms with Gasteiger partial charge in [0.05, 0.1) is 14.2 Å². The average Bonchev–Trinajstić information content (AvgIpc) is 2.47. The van der Waals surface area contributed by atoms with Crippen LogP contribution >= 0.6 is 0 Å². The van der Waals surface area contributed by atoms with Crippen LogP contribution in [0, 0.1) is 0 Å². The Morgan fingerprint density at radius 2 is 1.20 bits per heavy atom. The Morgan fingerprint density at radius 3 is 1.65 bits per heavy atom. The summed E-state index contributed by atoms with van der Waals surface area (Å²) in [5.74, 6) is -0.824. The Balaban J connectivity index is 4.88. The molecule has 0 aromatic heterocycles. The maximum Gasteiger partial charge on any atom is 0.334 e. The van der Waals surface area contributed by atoms with E-state index in [2.05, 4.69) is 6.92 Å². The second-order valence-electron chi connectivity index (χ2n) is 4.85. The molecular weight excluding hydrogens is 256 g/mol. The van der Waals surface area contributed by atoms with Crippen LogP contribution in [0.15, 0.2) is 11.1 Å². The molecule has 116 valence electrons. The summed E-state index contributed by atoms with van der Waals surface area (Å²) >= 11 is 0. The van der Waals surface area contributed by atoms with Crippen molar-refractivity contribution < 1.29 is 19.1 Å². The smallest absolute Gasteiger partial charge is 0.334 e. The van der Waals surface area contributed by atoms with Crippen LogP contribution in [0.3, 0.4) is 0 Å². The molecule has 4 nitrogen and oxygen atoms in total. The highest BCUT2D eigenvalue weighted by Crippen LogP contribution is 2.20. The van der Waals surface area contributed by atoms with E-state index in [1.54, 1.807) is 0 Å². The zero-order valence-electron chi connectivity index (χ0n) is 13.3. The van der Waals surface area contributed by atoms with Gasteiger partial charge >= 0.3 is 11.9 Å². The van der Waals surface area contributed by atoms with Gasteiger partial charge in [-0.25, -0.2) is 9.59 Å². The minimum Gasteiger partial charge on any atom is -0.466 e. The molecule has 0 bridgehead atoms. The minimum atomic E-state index is -0.416. The first-order valence-corrected chi connectivity index (χ1v) is 7.50. The van der Waals surface area contributed by atoms with E-state index in [1.807, 2.05) is 6.92 Å². The van der Waals surface area contributed by atoms with Crippen LogP contribution in [0.5, 0.6) is 0 Å². The molecule has 0 radical (unpaired) electrons. The van der Waals surface area contributed by atoms with Crippen molar-refractivity contribution in [1.29, 1.82) is 0 Å². The molecule has 0 unspecified atom stereocenters. The summed E-state index contributed by atoms with van der Waals surface area (Å²) in [6.07, 6.45) is 7.43. The highest BCUT2D eigenvalue weighted by Gasteiger charge is 2.21. The maximum atomic E-state index is 11.9. The van der Waals surface area contributed by atoms with E-state index >= 15 is 0 Å². The van der Waals surface area contributed by atoms with E-state index in [0.29, 0.717) is 24.0 Å². The van der Waals surface area contributed by atoms with Gasteiger partial charge in [-0.2, -0.15) is 0 Å². The zero-order chi connectivity index (χ0) is 15.4. The number of ether oxygens (including phenoxy) is 2. The van der Waals surface area contributed by atoms with Gasteiger partial charge in [0.15, 0.2) is 0 Å². The highest BCUT2D eigenvalue weighted by molar-refractivity contribution is 6.00. The lowest BCUT2D eigenvalue weighted by atomic mass is 9.98. The van der Waals surface area contributed by atoms with Gasteiger partial charge in [-0.15, -0.1) is 0 Å². The lowest BCUT2D eigenvalue weighted by Gasteiger charge is -2.12. The summed E-state index contributed by atoms with van der Waals surface area (Å²) < 4.78 is 9.59. The lowest BCUT2D eigenvalue weighted by Crippen LogP contribution is -2.15. The van der Waals surface area contributed by atoms with Crippen LogP contribution in [0.1, 0.15) is 65.2 Å². The van der Waals surface area contributed by atoms with Gasteiger partial charge in [0.1, 0.15) is 0 Å². The molecule has 0 aliphatic heterocycles. The molecule has 0 spiro atoms. The van der Waals surface area contributed by atoms with Crippen molar-refractivity contribution in [2.24, 2.45) is 0 Å². The quantitative estimate of drug-likeness (QED) is 0.348. The van der Waals surface area contributed by atoms with E-state index in [-0.39, 0.29) is 0 Å². The van der Waals surface area contributed by atoms with Crippen LogP contribution in [0.4, 0.5) is 0 Å². The van der Waals surface area contributed by atoms with Crippen LogP contribution in [0.2, 0.25) is 0 Å².